The minimum atomic E-state index is 0. The zero-order valence-electron chi connectivity index (χ0n) is 15.0. The van der Waals surface area contributed by atoms with Gasteiger partial charge < -0.3 is 24.8 Å². The molecule has 23 heavy (non-hydrogen) atoms. The topological polar surface area (TPSA) is 0 Å². The van der Waals surface area contributed by atoms with Gasteiger partial charge >= 0.3 is 26.2 Å². The Morgan fingerprint density at radius 3 is 1.39 bits per heavy atom. The number of allylic oxidation sites excluding steroid dienone is 8. The minimum absolute atomic E-state index is 0. The second-order valence-electron chi connectivity index (χ2n) is 5.86. The molecule has 0 N–H and O–H groups in total. The smallest absolute Gasteiger partial charge is 1.00 e. The maximum atomic E-state index is 3.35. The quantitative estimate of drug-likeness (QED) is 0.528. The molecular weight excluding hydrogens is 402 g/mol. The molecule has 0 bridgehead atoms. The summed E-state index contributed by atoms with van der Waals surface area (Å²) >= 11 is 0. The molecule has 0 spiro atoms. The van der Waals surface area contributed by atoms with Crippen molar-refractivity contribution in [3.8, 4) is 0 Å². The van der Waals surface area contributed by atoms with Gasteiger partial charge in [0.25, 0.3) is 0 Å². The van der Waals surface area contributed by atoms with Crippen molar-refractivity contribution >= 4 is 0 Å². The van der Waals surface area contributed by atoms with Crippen LogP contribution in [0, 0.1) is 24.0 Å². The molecule has 0 amide bonds. The van der Waals surface area contributed by atoms with Crippen LogP contribution in [-0.4, -0.2) is 0 Å². The first-order chi connectivity index (χ1) is 9.69. The molecule has 0 aromatic carbocycles. The molecule has 0 aliphatic heterocycles. The fourth-order valence-corrected chi connectivity index (χ4v) is 2.70. The maximum Gasteiger partial charge on any atom is 4.00 e. The Labute approximate surface area is 175 Å². The largest absolute Gasteiger partial charge is 4.00 e. The molecule has 3 heteroatoms. The fraction of sp³-hybridized carbons (Fsp3) is 0.600. The van der Waals surface area contributed by atoms with Gasteiger partial charge in [-0.15, -0.1) is 12.8 Å². The van der Waals surface area contributed by atoms with Crippen molar-refractivity contribution in [3.63, 3.8) is 0 Å². The average Bonchev–Trinajstić information content (AvgIpc) is 3.14. The van der Waals surface area contributed by atoms with Gasteiger partial charge in [-0.1, -0.05) is 52.4 Å². The summed E-state index contributed by atoms with van der Waals surface area (Å²) in [6.45, 7) is 9.02. The van der Waals surface area contributed by atoms with Gasteiger partial charge in [0.05, 0.1) is 0 Å². The van der Waals surface area contributed by atoms with Crippen molar-refractivity contribution in [1.29, 1.82) is 0 Å². The van der Waals surface area contributed by atoms with Crippen LogP contribution >= 0.6 is 0 Å². The Morgan fingerprint density at radius 1 is 0.826 bits per heavy atom. The second-order valence-corrected chi connectivity index (χ2v) is 5.86. The molecule has 0 aromatic rings. The zero-order valence-corrected chi connectivity index (χ0v) is 18.9. The first-order valence-electron chi connectivity index (χ1n) is 8.23. The zero-order chi connectivity index (χ0) is 14.8. The summed E-state index contributed by atoms with van der Waals surface area (Å²) < 4.78 is 0. The van der Waals surface area contributed by atoms with Gasteiger partial charge in [-0.3, -0.25) is 12.2 Å². The van der Waals surface area contributed by atoms with Crippen LogP contribution in [0.4, 0.5) is 0 Å². The molecule has 0 aromatic heterocycles. The summed E-state index contributed by atoms with van der Waals surface area (Å²) in [5.41, 5.74) is 2.84. The summed E-state index contributed by atoms with van der Waals surface area (Å²) in [4.78, 5) is 0. The van der Waals surface area contributed by atoms with E-state index in [0.717, 1.165) is 24.7 Å². The summed E-state index contributed by atoms with van der Waals surface area (Å²) in [5.74, 6) is 1.45. The Morgan fingerprint density at radius 2 is 1.17 bits per heavy atom. The van der Waals surface area contributed by atoms with Crippen LogP contribution in [0.25, 0.3) is 0 Å². The molecule has 2 aliphatic rings. The van der Waals surface area contributed by atoms with Crippen LogP contribution in [-0.2, 0) is 26.2 Å². The standard InChI is InChI=1S/2C10H15.2ClH.Zr/c2*1-3-6-9(2)10-7-4-5-8-10;;;/h2*4,7,9H,3,5-6H2,1-2H3;2*1H;/q2*-1;;;+4/p-2. The fourth-order valence-electron chi connectivity index (χ4n) is 2.70. The monoisotopic (exact) mass is 430 g/mol. The van der Waals surface area contributed by atoms with Gasteiger partial charge in [0.15, 0.2) is 0 Å². The van der Waals surface area contributed by atoms with Crippen LogP contribution in [0.15, 0.2) is 35.5 Å². The normalized spacial score (nSPS) is 16.7. The third-order valence-corrected chi connectivity index (χ3v) is 3.95. The van der Waals surface area contributed by atoms with Crippen molar-refractivity contribution in [2.45, 2.75) is 66.2 Å². The van der Waals surface area contributed by atoms with Crippen LogP contribution < -0.4 is 24.8 Å². The molecule has 0 radical (unpaired) electrons. The Bertz CT molecular complexity index is 356. The predicted octanol–water partition coefficient (Wildman–Crippen LogP) is 0.230. The van der Waals surface area contributed by atoms with Gasteiger partial charge in [0.2, 0.25) is 0 Å². The van der Waals surface area contributed by atoms with Crippen molar-refractivity contribution < 1.29 is 51.0 Å². The van der Waals surface area contributed by atoms with E-state index in [1.165, 1.54) is 36.8 Å². The SMILES string of the molecule is CCCC(C)C1=[C-]CC=C1.CCCC(C)C1=[C-]CC=C1.[Cl-].[Cl-].[Zr+4]. The molecule has 0 saturated carbocycles. The Balaban J connectivity index is -0.000000308. The summed E-state index contributed by atoms with van der Waals surface area (Å²) in [7, 11) is 0. The second kappa shape index (κ2) is 17.3. The molecule has 2 rings (SSSR count). The van der Waals surface area contributed by atoms with Gasteiger partial charge in [-0.05, 0) is 12.8 Å². The molecule has 0 fully saturated rings. The number of hydrogen-bond acceptors (Lipinski definition) is 0. The van der Waals surface area contributed by atoms with Gasteiger partial charge in [0.1, 0.15) is 0 Å². The van der Waals surface area contributed by atoms with E-state index in [9.17, 15) is 0 Å². The van der Waals surface area contributed by atoms with Crippen molar-refractivity contribution in [2.75, 3.05) is 0 Å². The van der Waals surface area contributed by atoms with Crippen LogP contribution in [0.5, 0.6) is 0 Å². The van der Waals surface area contributed by atoms with E-state index in [0.29, 0.717) is 0 Å². The number of rotatable bonds is 6. The van der Waals surface area contributed by atoms with E-state index in [2.05, 4.69) is 64.2 Å². The van der Waals surface area contributed by atoms with Gasteiger partial charge in [-0.2, -0.15) is 12.2 Å². The van der Waals surface area contributed by atoms with E-state index in [4.69, 9.17) is 0 Å². The Kier molecular flexibility index (Phi) is 21.2. The summed E-state index contributed by atoms with van der Waals surface area (Å²) in [6, 6.07) is 0. The average molecular weight is 433 g/mol. The van der Waals surface area contributed by atoms with E-state index in [-0.39, 0.29) is 51.0 Å². The molecular formula is C20H30Cl2Zr. The summed E-state index contributed by atoms with van der Waals surface area (Å²) in [5, 5.41) is 0. The molecule has 2 aliphatic carbocycles. The molecule has 2 atom stereocenters. The van der Waals surface area contributed by atoms with Crippen molar-refractivity contribution in [1.82, 2.24) is 0 Å². The van der Waals surface area contributed by atoms with Crippen molar-refractivity contribution in [2.24, 2.45) is 11.8 Å². The first kappa shape index (κ1) is 28.2. The van der Waals surface area contributed by atoms with E-state index < -0.39 is 0 Å². The third-order valence-electron chi connectivity index (χ3n) is 3.95. The van der Waals surface area contributed by atoms with E-state index >= 15 is 0 Å². The van der Waals surface area contributed by atoms with Gasteiger partial charge in [0, 0.05) is 0 Å². The minimum Gasteiger partial charge on any atom is -1.00 e. The summed E-state index contributed by atoms with van der Waals surface area (Å²) in [6.07, 6.45) is 22.7. The molecule has 0 heterocycles. The molecule has 128 valence electrons. The van der Waals surface area contributed by atoms with Crippen LogP contribution in [0.2, 0.25) is 0 Å². The third kappa shape index (κ3) is 11.6. The molecule has 0 nitrogen and oxygen atoms in total. The van der Waals surface area contributed by atoms with Crippen LogP contribution in [0.3, 0.4) is 0 Å². The molecule has 0 saturated heterocycles. The maximum absolute atomic E-state index is 3.35. The van der Waals surface area contributed by atoms with E-state index in [1.54, 1.807) is 0 Å². The van der Waals surface area contributed by atoms with Crippen LogP contribution in [0.1, 0.15) is 66.2 Å². The first-order valence-corrected chi connectivity index (χ1v) is 8.23. The number of halogens is 2. The number of hydrogen-bond donors (Lipinski definition) is 0. The van der Waals surface area contributed by atoms with Crippen molar-refractivity contribution in [3.05, 3.63) is 47.6 Å². The molecule has 2 unspecified atom stereocenters. The Hall–Kier alpha value is 0.423. The van der Waals surface area contributed by atoms with Gasteiger partial charge in [-0.25, -0.2) is 23.3 Å². The predicted molar refractivity (Wildman–Crippen MR) is 89.2 cm³/mol. The van der Waals surface area contributed by atoms with E-state index in [1.807, 2.05) is 0 Å².